The van der Waals surface area contributed by atoms with Crippen molar-refractivity contribution in [1.82, 2.24) is 10.3 Å². The first-order valence-electron chi connectivity index (χ1n) is 9.01. The highest BCUT2D eigenvalue weighted by molar-refractivity contribution is 5.71. The van der Waals surface area contributed by atoms with E-state index in [1.165, 1.54) is 18.3 Å². The predicted octanol–water partition coefficient (Wildman–Crippen LogP) is 1.72. The monoisotopic (exact) mass is 416 g/mol. The Kier molecular flexibility index (Phi) is 8.59. The van der Waals surface area contributed by atoms with Crippen molar-refractivity contribution < 1.29 is 33.7 Å². The van der Waals surface area contributed by atoms with Crippen molar-refractivity contribution >= 4 is 12.4 Å². The van der Waals surface area contributed by atoms with Gasteiger partial charge in [-0.1, -0.05) is 5.92 Å². The zero-order valence-corrected chi connectivity index (χ0v) is 16.0. The van der Waals surface area contributed by atoms with Crippen LogP contribution in [0.1, 0.15) is 18.4 Å². The summed E-state index contributed by atoms with van der Waals surface area (Å²) >= 11 is 0. The lowest BCUT2D eigenvalue weighted by atomic mass is 9.94. The molecule has 0 unspecified atom stereocenters. The molecule has 0 saturated carbocycles. The fourth-order valence-electron chi connectivity index (χ4n) is 2.49. The van der Waals surface area contributed by atoms with Crippen LogP contribution in [0.4, 0.5) is 4.39 Å². The molecule has 30 heavy (non-hydrogen) atoms. The molecule has 0 bridgehead atoms. The smallest absolute Gasteiger partial charge is 0.322 e. The molecule has 0 radical (unpaired) electrons. The Balaban J connectivity index is 0.000000396. The summed E-state index contributed by atoms with van der Waals surface area (Å²) in [7, 11) is 0. The maximum atomic E-state index is 13.0. The van der Waals surface area contributed by atoms with Gasteiger partial charge in [0.1, 0.15) is 23.9 Å². The number of ether oxygens (including phenoxy) is 2. The second-order valence-corrected chi connectivity index (χ2v) is 6.24. The van der Waals surface area contributed by atoms with E-state index >= 15 is 0 Å². The van der Waals surface area contributed by atoms with Crippen molar-refractivity contribution in [3.63, 3.8) is 0 Å². The summed E-state index contributed by atoms with van der Waals surface area (Å²) in [4.78, 5) is 22.8. The van der Waals surface area contributed by atoms with Crippen molar-refractivity contribution in [2.24, 2.45) is 0 Å². The summed E-state index contributed by atoms with van der Waals surface area (Å²) in [6.45, 7) is 0.797. The van der Waals surface area contributed by atoms with Gasteiger partial charge in [0, 0.05) is 24.6 Å². The number of benzene rings is 1. The third kappa shape index (κ3) is 7.77. The van der Waals surface area contributed by atoms with E-state index in [4.69, 9.17) is 14.6 Å². The first-order chi connectivity index (χ1) is 14.4. The van der Waals surface area contributed by atoms with Gasteiger partial charge in [-0.05, 0) is 36.3 Å². The molecule has 0 aliphatic carbocycles. The number of amides is 1. The highest BCUT2D eigenvalue weighted by Gasteiger charge is 2.33. The van der Waals surface area contributed by atoms with Gasteiger partial charge in [0.25, 0.3) is 0 Å². The number of pyridine rings is 1. The van der Waals surface area contributed by atoms with Gasteiger partial charge in [0.2, 0.25) is 6.41 Å². The molecule has 0 atom stereocenters. The van der Waals surface area contributed by atoms with Crippen LogP contribution < -0.4 is 10.1 Å². The molecule has 3 N–H and O–H groups in total. The van der Waals surface area contributed by atoms with Gasteiger partial charge < -0.3 is 25.0 Å². The lowest BCUT2D eigenvalue weighted by Crippen LogP contribution is -2.40. The number of carbonyl (C=O) groups excluding carboxylic acids is 1. The first kappa shape index (κ1) is 22.6. The van der Waals surface area contributed by atoms with Crippen LogP contribution in [0.15, 0.2) is 42.7 Å². The van der Waals surface area contributed by atoms with Crippen molar-refractivity contribution in [3.8, 4) is 23.3 Å². The molecule has 1 aliphatic heterocycles. The van der Waals surface area contributed by atoms with E-state index in [0.717, 1.165) is 0 Å². The maximum absolute atomic E-state index is 13.0. The first-order valence-corrected chi connectivity index (χ1v) is 9.01. The number of carbonyl (C=O) groups is 2. The Hall–Kier alpha value is -3.64. The van der Waals surface area contributed by atoms with Gasteiger partial charge in [-0.2, -0.15) is 0 Å². The number of hydrogen-bond donors (Lipinski definition) is 3. The van der Waals surface area contributed by atoms with E-state index < -0.39 is 11.6 Å². The van der Waals surface area contributed by atoms with E-state index in [1.54, 1.807) is 24.4 Å². The minimum absolute atomic E-state index is 0.0669. The van der Waals surface area contributed by atoms with E-state index in [0.29, 0.717) is 43.8 Å². The molecule has 2 heterocycles. The number of nitrogens with zero attached hydrogens (tertiary/aromatic N) is 1. The van der Waals surface area contributed by atoms with Crippen LogP contribution in [0, 0.1) is 17.7 Å². The summed E-state index contributed by atoms with van der Waals surface area (Å²) in [5, 5.41) is 19.2. The molecule has 0 spiro atoms. The van der Waals surface area contributed by atoms with Crippen molar-refractivity contribution in [3.05, 3.63) is 54.1 Å². The number of nitrogens with one attached hydrogen (secondary N) is 1. The number of aliphatic carboxylic acids is 1. The molecule has 9 heteroatoms. The highest BCUT2D eigenvalue weighted by Crippen LogP contribution is 2.28. The van der Waals surface area contributed by atoms with E-state index in [2.05, 4.69) is 16.8 Å². The summed E-state index contributed by atoms with van der Waals surface area (Å²) in [6, 6.07) is 7.43. The Morgan fingerprint density at radius 3 is 2.57 bits per heavy atom. The molecule has 3 rings (SSSR count). The molecule has 2 aromatic rings. The van der Waals surface area contributed by atoms with Crippen LogP contribution in [-0.2, 0) is 14.3 Å². The van der Waals surface area contributed by atoms with Crippen LogP contribution in [0.3, 0.4) is 0 Å². The Morgan fingerprint density at radius 2 is 2.00 bits per heavy atom. The van der Waals surface area contributed by atoms with Crippen LogP contribution in [0.5, 0.6) is 11.5 Å². The molecule has 1 amide bonds. The quantitative estimate of drug-likeness (QED) is 0.502. The van der Waals surface area contributed by atoms with Crippen LogP contribution in [-0.4, -0.2) is 52.9 Å². The predicted molar refractivity (Wildman–Crippen MR) is 104 cm³/mol. The van der Waals surface area contributed by atoms with Gasteiger partial charge in [0.15, 0.2) is 5.60 Å². The molecule has 1 aromatic carbocycles. The maximum Gasteiger partial charge on any atom is 0.322 e. The van der Waals surface area contributed by atoms with Gasteiger partial charge in [-0.25, -0.2) is 4.39 Å². The number of rotatable bonds is 5. The molecule has 1 aromatic heterocycles. The molecular formula is C21H21FN2O6. The number of carboxylic acids is 1. The van der Waals surface area contributed by atoms with Gasteiger partial charge in [0.05, 0.1) is 19.4 Å². The number of carboxylic acid groups (broad SMARTS) is 1. The molecule has 158 valence electrons. The lowest BCUT2D eigenvalue weighted by Gasteiger charge is -2.33. The van der Waals surface area contributed by atoms with E-state index in [1.807, 2.05) is 5.32 Å². The highest BCUT2D eigenvalue weighted by atomic mass is 19.1. The zero-order valence-electron chi connectivity index (χ0n) is 16.0. The van der Waals surface area contributed by atoms with Crippen LogP contribution in [0.2, 0.25) is 0 Å². The molecule has 1 aliphatic rings. The Morgan fingerprint density at radius 1 is 1.30 bits per heavy atom. The van der Waals surface area contributed by atoms with Crippen molar-refractivity contribution in [1.29, 1.82) is 0 Å². The summed E-state index contributed by atoms with van der Waals surface area (Å²) in [5.41, 5.74) is -0.0831. The van der Waals surface area contributed by atoms with E-state index in [9.17, 15) is 19.1 Å². The van der Waals surface area contributed by atoms with Gasteiger partial charge in [-0.15, -0.1) is 0 Å². The van der Waals surface area contributed by atoms with E-state index in [-0.39, 0.29) is 18.1 Å². The number of hydrogen-bond acceptors (Lipinski definition) is 6. The fraction of sp³-hybridized carbons (Fsp3) is 0.286. The third-order valence-corrected chi connectivity index (χ3v) is 3.92. The summed E-state index contributed by atoms with van der Waals surface area (Å²) < 4.78 is 24.5. The minimum Gasteiger partial charge on any atom is -0.506 e. The number of halogens is 1. The molecule has 8 nitrogen and oxygen atoms in total. The van der Waals surface area contributed by atoms with Gasteiger partial charge in [-0.3, -0.25) is 14.6 Å². The number of aromatic nitrogens is 1. The molecule has 1 saturated heterocycles. The second kappa shape index (κ2) is 11.4. The SMILES string of the molecule is O=CNCC(=O)O.Oc1cncc(C#CC2(Oc3ccc(F)cc3)CCOCC2)c1. The fourth-order valence-corrected chi connectivity index (χ4v) is 2.49. The number of aromatic hydroxyl groups is 1. The molecular weight excluding hydrogens is 395 g/mol. The molecule has 1 fully saturated rings. The van der Waals surface area contributed by atoms with Crippen molar-refractivity contribution in [2.75, 3.05) is 19.8 Å². The average molecular weight is 416 g/mol. The summed E-state index contributed by atoms with van der Waals surface area (Å²) in [6.07, 6.45) is 4.50. The standard InChI is InChI=1S/C18H16FNO3.C3H5NO3/c19-15-1-3-17(4-2-15)23-18(7-9-22-10-8-18)6-5-14-11-16(21)13-20-12-14;5-2-4-1-3(6)7/h1-4,11-13,21H,7-10H2;2H,1H2,(H,4,5)(H,6,7). The Bertz CT molecular complexity index is 902. The second-order valence-electron chi connectivity index (χ2n) is 6.24. The third-order valence-electron chi connectivity index (χ3n) is 3.92. The van der Waals surface area contributed by atoms with Crippen molar-refractivity contribution in [2.45, 2.75) is 18.4 Å². The normalized spacial score (nSPS) is 14.2. The minimum atomic E-state index is -1.04. The van der Waals surface area contributed by atoms with Gasteiger partial charge >= 0.3 is 5.97 Å². The summed E-state index contributed by atoms with van der Waals surface area (Å²) in [5.74, 6) is 5.43. The average Bonchev–Trinajstić information content (AvgIpc) is 2.74. The lowest BCUT2D eigenvalue weighted by molar-refractivity contribution is -0.136. The topological polar surface area (TPSA) is 118 Å². The van der Waals surface area contributed by atoms with Crippen LogP contribution in [0.25, 0.3) is 0 Å². The Labute approximate surface area is 172 Å². The largest absolute Gasteiger partial charge is 0.506 e. The van der Waals surface area contributed by atoms with Crippen LogP contribution >= 0.6 is 0 Å². The zero-order chi connectivity index (χ0) is 21.8.